The van der Waals surface area contributed by atoms with Crippen molar-refractivity contribution in [2.24, 2.45) is 0 Å². The van der Waals surface area contributed by atoms with Gasteiger partial charge in [-0.2, -0.15) is 0 Å². The van der Waals surface area contributed by atoms with Gasteiger partial charge in [-0.25, -0.2) is 0 Å². The Balaban J connectivity index is 0. The van der Waals surface area contributed by atoms with Gasteiger partial charge in [0.1, 0.15) is 0 Å². The third kappa shape index (κ3) is 773. The van der Waals surface area contributed by atoms with Crippen LogP contribution in [0.25, 0.3) is 0 Å². The number of nitrogens with one attached hydrogen (secondary N) is 1. The second kappa shape index (κ2) is 2.42. The molecule has 0 aliphatic heterocycles. The van der Waals surface area contributed by atoms with Gasteiger partial charge in [0.25, 0.3) is 0 Å². The molecule has 0 amide bonds. The maximum absolute atomic E-state index is 9.85. The quantitative estimate of drug-likeness (QED) is 0.515. The van der Waals surface area contributed by atoms with Gasteiger partial charge in [0.2, 0.25) is 0 Å². The molecule has 0 aromatic rings. The molecule has 0 heterocycles. The van der Waals surface area contributed by atoms with Crippen LogP contribution in [-0.4, -0.2) is 16.7 Å². The van der Waals surface area contributed by atoms with Crippen LogP contribution in [0.4, 0.5) is 0 Å². The van der Waals surface area contributed by atoms with Crippen molar-refractivity contribution in [1.82, 2.24) is 0 Å². The van der Waals surface area contributed by atoms with Crippen molar-refractivity contribution in [2.75, 3.05) is 12.5 Å². The first-order valence-corrected chi connectivity index (χ1v) is 3.56. The molecule has 0 aromatic heterocycles. The zero-order valence-electron chi connectivity index (χ0n) is 3.72. The minimum atomic E-state index is -2.17. The van der Waals surface area contributed by atoms with Crippen LogP contribution < -0.4 is 0 Å². The minimum Gasteiger partial charge on any atom is -0.253 e. The normalized spacial score (nSPS) is 9.67. The Kier molecular flexibility index (Phi) is 3.84. The van der Waals surface area contributed by atoms with Crippen molar-refractivity contribution >= 4 is 22.1 Å². The standard InChI is InChI=1S/C2H7NOS.ClH/c1-5(2,3)4;/h3H,1-2H3;1H. The third-order valence-electron chi connectivity index (χ3n) is 0. The molecule has 6 heavy (non-hydrogen) atoms. The molecular weight excluding hydrogens is 122 g/mol. The summed E-state index contributed by atoms with van der Waals surface area (Å²) in [5, 5.41) is 0. The van der Waals surface area contributed by atoms with Crippen LogP contribution in [0.5, 0.6) is 0 Å². The number of halogens is 1. The Labute approximate surface area is 44.3 Å². The van der Waals surface area contributed by atoms with Crippen LogP contribution in [0.2, 0.25) is 0 Å². The highest BCUT2D eigenvalue weighted by molar-refractivity contribution is 7.90. The van der Waals surface area contributed by atoms with E-state index < -0.39 is 9.73 Å². The summed E-state index contributed by atoms with van der Waals surface area (Å²) >= 11 is 0. The molecule has 0 aromatic carbocycles. The molecule has 40 valence electrons. The van der Waals surface area contributed by atoms with Gasteiger partial charge in [-0.3, -0.25) is 8.99 Å². The van der Waals surface area contributed by atoms with Crippen LogP contribution >= 0.6 is 12.4 Å². The van der Waals surface area contributed by atoms with Crippen LogP contribution in [-0.2, 0) is 9.73 Å². The molecule has 2 nitrogen and oxygen atoms in total. The minimum absolute atomic E-state index is 0. The maximum atomic E-state index is 9.85. The molecule has 1 N–H and O–H groups in total. The molecule has 0 atom stereocenters. The summed E-state index contributed by atoms with van der Waals surface area (Å²) in [4.78, 5) is 0. The van der Waals surface area contributed by atoms with Crippen molar-refractivity contribution in [3.63, 3.8) is 0 Å². The molecular formula is C2H8ClNOS. The van der Waals surface area contributed by atoms with Crippen LogP contribution in [0, 0.1) is 4.78 Å². The van der Waals surface area contributed by atoms with Crippen LogP contribution in [0.1, 0.15) is 0 Å². The first-order chi connectivity index (χ1) is 2.00. The van der Waals surface area contributed by atoms with Gasteiger partial charge in [0.05, 0.1) is 0 Å². The van der Waals surface area contributed by atoms with Gasteiger partial charge in [-0.15, -0.1) is 12.4 Å². The predicted molar refractivity (Wildman–Crippen MR) is 30.0 cm³/mol. The van der Waals surface area contributed by atoms with Gasteiger partial charge in [-0.05, 0) is 0 Å². The summed E-state index contributed by atoms with van der Waals surface area (Å²) in [5.74, 6) is 0. The van der Waals surface area contributed by atoms with Crippen molar-refractivity contribution in [1.29, 1.82) is 4.78 Å². The Morgan fingerprint density at radius 1 is 1.50 bits per heavy atom. The number of hydrogen-bond acceptors (Lipinski definition) is 2. The summed E-state index contributed by atoms with van der Waals surface area (Å²) in [7, 11) is -2.17. The van der Waals surface area contributed by atoms with E-state index in [0.29, 0.717) is 0 Å². The highest BCUT2D eigenvalue weighted by atomic mass is 35.5. The summed E-state index contributed by atoms with van der Waals surface area (Å²) in [5.41, 5.74) is 0. The van der Waals surface area contributed by atoms with Gasteiger partial charge in [-0.1, -0.05) is 0 Å². The Hall–Kier alpha value is 0.240. The molecule has 4 heteroatoms. The molecule has 0 unspecified atom stereocenters. The lowest BCUT2D eigenvalue weighted by atomic mass is 11.9. The first-order valence-electron chi connectivity index (χ1n) is 1.19. The Morgan fingerprint density at radius 2 is 1.50 bits per heavy atom. The number of hydrogen-bond donors (Lipinski definition) is 1. The SMILES string of the molecule is CS(C)(=N)=O.Cl. The van der Waals surface area contributed by atoms with E-state index in [1.54, 1.807) is 0 Å². The molecule has 0 radical (unpaired) electrons. The molecule has 0 saturated carbocycles. The molecule has 0 spiro atoms. The summed E-state index contributed by atoms with van der Waals surface area (Å²) in [6.45, 7) is 0. The van der Waals surface area contributed by atoms with E-state index in [0.717, 1.165) is 0 Å². The predicted octanol–water partition coefficient (Wildman–Crippen LogP) is 0.715. The van der Waals surface area contributed by atoms with Crippen molar-refractivity contribution in [2.45, 2.75) is 0 Å². The smallest absolute Gasteiger partial charge is 0.0383 e. The van der Waals surface area contributed by atoms with Gasteiger partial charge in [0, 0.05) is 22.2 Å². The zero-order chi connectivity index (χ0) is 4.50. The van der Waals surface area contributed by atoms with E-state index in [2.05, 4.69) is 0 Å². The Morgan fingerprint density at radius 3 is 1.50 bits per heavy atom. The molecule has 0 bridgehead atoms. The maximum Gasteiger partial charge on any atom is 0.0383 e. The lowest BCUT2D eigenvalue weighted by Crippen LogP contribution is -1.83. The average molecular weight is 130 g/mol. The second-order valence-electron chi connectivity index (χ2n) is 1.23. The fourth-order valence-electron chi connectivity index (χ4n) is 0. The summed E-state index contributed by atoms with van der Waals surface area (Å²) in [6, 6.07) is 0. The Bertz CT molecular complexity index is 96.7. The van der Waals surface area contributed by atoms with Crippen molar-refractivity contribution in [3.05, 3.63) is 0 Å². The van der Waals surface area contributed by atoms with E-state index in [1.165, 1.54) is 12.5 Å². The highest BCUT2D eigenvalue weighted by Crippen LogP contribution is 1.65. The molecule has 0 saturated heterocycles. The van der Waals surface area contributed by atoms with Crippen molar-refractivity contribution < 1.29 is 4.21 Å². The van der Waals surface area contributed by atoms with E-state index in [4.69, 9.17) is 4.78 Å². The molecule has 0 rings (SSSR count). The third-order valence-corrected chi connectivity index (χ3v) is 0. The number of rotatable bonds is 0. The fraction of sp³-hybridized carbons (Fsp3) is 1.00. The van der Waals surface area contributed by atoms with Gasteiger partial charge in [0.15, 0.2) is 0 Å². The van der Waals surface area contributed by atoms with Gasteiger partial charge >= 0.3 is 0 Å². The van der Waals surface area contributed by atoms with E-state index in [9.17, 15) is 4.21 Å². The monoisotopic (exact) mass is 129 g/mol. The molecule has 0 fully saturated rings. The fourth-order valence-corrected chi connectivity index (χ4v) is 0. The highest BCUT2D eigenvalue weighted by Gasteiger charge is 1.72. The van der Waals surface area contributed by atoms with E-state index in [-0.39, 0.29) is 12.4 Å². The summed E-state index contributed by atoms with van der Waals surface area (Å²) < 4.78 is 16.3. The van der Waals surface area contributed by atoms with E-state index >= 15 is 0 Å². The van der Waals surface area contributed by atoms with Gasteiger partial charge < -0.3 is 0 Å². The first kappa shape index (κ1) is 9.53. The lowest BCUT2D eigenvalue weighted by molar-refractivity contribution is 0.683. The lowest BCUT2D eigenvalue weighted by Gasteiger charge is -1.75. The molecule has 0 aliphatic carbocycles. The largest absolute Gasteiger partial charge is 0.253 e. The van der Waals surface area contributed by atoms with Crippen LogP contribution in [0.15, 0.2) is 0 Å². The summed E-state index contributed by atoms with van der Waals surface area (Å²) in [6.07, 6.45) is 2.76. The zero-order valence-corrected chi connectivity index (χ0v) is 5.36. The van der Waals surface area contributed by atoms with E-state index in [1.807, 2.05) is 0 Å². The van der Waals surface area contributed by atoms with Crippen molar-refractivity contribution in [3.8, 4) is 0 Å². The molecule has 0 aliphatic rings. The average Bonchev–Trinajstić information content (AvgIpc) is 0.722. The second-order valence-corrected chi connectivity index (χ2v) is 3.70. The van der Waals surface area contributed by atoms with Crippen LogP contribution in [0.3, 0.4) is 0 Å². The topological polar surface area (TPSA) is 40.9 Å².